The molecule has 0 bridgehead atoms. The van der Waals surface area contributed by atoms with E-state index in [2.05, 4.69) is 23.3 Å². The van der Waals surface area contributed by atoms with Gasteiger partial charge in [-0.1, -0.05) is 49.0 Å². The van der Waals surface area contributed by atoms with Crippen LogP contribution in [0.25, 0.3) is 0 Å². The van der Waals surface area contributed by atoms with Crippen LogP contribution in [0.3, 0.4) is 0 Å². The molecule has 21 heavy (non-hydrogen) atoms. The highest BCUT2D eigenvalue weighted by molar-refractivity contribution is 7.99. The van der Waals surface area contributed by atoms with Gasteiger partial charge in [-0.25, -0.2) is 4.98 Å². The monoisotopic (exact) mass is 301 g/mol. The number of benzene rings is 1. The van der Waals surface area contributed by atoms with E-state index >= 15 is 0 Å². The Kier molecular flexibility index (Phi) is 5.43. The Hall–Kier alpha value is -1.77. The van der Waals surface area contributed by atoms with E-state index in [1.54, 1.807) is 6.26 Å². The van der Waals surface area contributed by atoms with Gasteiger partial charge in [0.1, 0.15) is 11.8 Å². The molecular formula is C16H19N3OS. The molecule has 1 N–H and O–H groups in total. The zero-order chi connectivity index (χ0) is 15.1. The Balaban J connectivity index is 2.20. The topological polar surface area (TPSA) is 61.9 Å². The fraction of sp³-hybridized carbons (Fsp3) is 0.375. The van der Waals surface area contributed by atoms with E-state index in [4.69, 9.17) is 4.42 Å². The maximum atomic E-state index is 9.76. The standard InChI is InChI=1S/C16H19N3OS/c1-3-9-18-16(11-17,14-7-5-4-6-8-14)12-21-15-19-13(2)10-20-15/h4-8,10,18H,3,9,12H2,1-2H3. The number of hydrogen-bond donors (Lipinski definition) is 1. The Morgan fingerprint density at radius 1 is 1.38 bits per heavy atom. The van der Waals surface area contributed by atoms with Gasteiger partial charge in [0.15, 0.2) is 0 Å². The lowest BCUT2D eigenvalue weighted by atomic mass is 9.93. The molecule has 0 saturated heterocycles. The SMILES string of the molecule is CCCNC(C#N)(CSc1nc(C)co1)c1ccccc1. The van der Waals surface area contributed by atoms with Gasteiger partial charge in [-0.15, -0.1) is 0 Å². The molecule has 4 nitrogen and oxygen atoms in total. The number of nitriles is 1. The van der Waals surface area contributed by atoms with E-state index in [0.717, 1.165) is 24.2 Å². The summed E-state index contributed by atoms with van der Waals surface area (Å²) in [5, 5.41) is 13.7. The Labute approximate surface area is 129 Å². The van der Waals surface area contributed by atoms with Gasteiger partial charge in [-0.05, 0) is 25.5 Å². The number of nitrogens with one attached hydrogen (secondary N) is 1. The molecule has 0 radical (unpaired) electrons. The Morgan fingerprint density at radius 3 is 2.71 bits per heavy atom. The average molecular weight is 301 g/mol. The summed E-state index contributed by atoms with van der Waals surface area (Å²) in [6, 6.07) is 12.3. The van der Waals surface area contributed by atoms with Crippen molar-refractivity contribution in [3.8, 4) is 6.07 Å². The number of aryl methyl sites for hydroxylation is 1. The van der Waals surface area contributed by atoms with Gasteiger partial charge in [0.2, 0.25) is 0 Å². The second-order valence-electron chi connectivity index (χ2n) is 4.85. The van der Waals surface area contributed by atoms with E-state index in [1.165, 1.54) is 11.8 Å². The molecule has 5 heteroatoms. The first-order chi connectivity index (χ1) is 10.2. The van der Waals surface area contributed by atoms with E-state index in [0.29, 0.717) is 11.0 Å². The van der Waals surface area contributed by atoms with Crippen LogP contribution in [0.4, 0.5) is 0 Å². The number of aromatic nitrogens is 1. The smallest absolute Gasteiger partial charge is 0.255 e. The minimum absolute atomic E-state index is 0.549. The van der Waals surface area contributed by atoms with Gasteiger partial charge in [0.25, 0.3) is 5.22 Å². The van der Waals surface area contributed by atoms with Crippen molar-refractivity contribution in [3.63, 3.8) is 0 Å². The summed E-state index contributed by atoms with van der Waals surface area (Å²) in [5.41, 5.74) is 1.09. The molecule has 0 aliphatic carbocycles. The van der Waals surface area contributed by atoms with E-state index in [-0.39, 0.29) is 0 Å². The summed E-state index contributed by atoms with van der Waals surface area (Å²) in [6.07, 6.45) is 2.59. The van der Waals surface area contributed by atoms with Crippen LogP contribution in [-0.4, -0.2) is 17.3 Å². The third kappa shape index (κ3) is 3.87. The van der Waals surface area contributed by atoms with Crippen LogP contribution >= 0.6 is 11.8 Å². The largest absolute Gasteiger partial charge is 0.440 e. The van der Waals surface area contributed by atoms with Crippen molar-refractivity contribution in [2.45, 2.75) is 31.0 Å². The lowest BCUT2D eigenvalue weighted by Crippen LogP contribution is -2.43. The maximum Gasteiger partial charge on any atom is 0.255 e. The molecule has 0 spiro atoms. The molecule has 0 fully saturated rings. The zero-order valence-electron chi connectivity index (χ0n) is 12.3. The molecule has 2 aromatic rings. The number of oxazole rings is 1. The molecule has 1 aromatic heterocycles. The first-order valence-corrected chi connectivity index (χ1v) is 7.95. The highest BCUT2D eigenvalue weighted by Gasteiger charge is 2.32. The van der Waals surface area contributed by atoms with Crippen molar-refractivity contribution in [2.75, 3.05) is 12.3 Å². The third-order valence-electron chi connectivity index (χ3n) is 3.14. The van der Waals surface area contributed by atoms with E-state index < -0.39 is 5.54 Å². The van der Waals surface area contributed by atoms with Gasteiger partial charge in [0.05, 0.1) is 11.8 Å². The lowest BCUT2D eigenvalue weighted by Gasteiger charge is -2.27. The van der Waals surface area contributed by atoms with E-state index in [1.807, 2.05) is 37.3 Å². The van der Waals surface area contributed by atoms with Gasteiger partial charge in [-0.2, -0.15) is 5.26 Å². The fourth-order valence-electron chi connectivity index (χ4n) is 2.00. The minimum Gasteiger partial charge on any atom is -0.440 e. The Bertz CT molecular complexity index is 605. The molecular weight excluding hydrogens is 282 g/mol. The van der Waals surface area contributed by atoms with E-state index in [9.17, 15) is 5.26 Å². The lowest BCUT2D eigenvalue weighted by molar-refractivity contribution is 0.446. The normalized spacial score (nSPS) is 13.6. The third-order valence-corrected chi connectivity index (χ3v) is 4.16. The highest BCUT2D eigenvalue weighted by Crippen LogP contribution is 2.29. The molecule has 1 atom stereocenters. The van der Waals surface area contributed by atoms with Crippen LogP contribution in [-0.2, 0) is 5.54 Å². The van der Waals surface area contributed by atoms with Crippen molar-refractivity contribution in [1.29, 1.82) is 5.26 Å². The van der Waals surface area contributed by atoms with Crippen molar-refractivity contribution in [1.82, 2.24) is 10.3 Å². The van der Waals surface area contributed by atoms with Crippen LogP contribution in [0.15, 0.2) is 46.2 Å². The van der Waals surface area contributed by atoms with Crippen LogP contribution in [0, 0.1) is 18.3 Å². The number of hydrogen-bond acceptors (Lipinski definition) is 5. The summed E-state index contributed by atoms with van der Waals surface area (Å²) in [6.45, 7) is 4.76. The van der Waals surface area contributed by atoms with Crippen molar-refractivity contribution >= 4 is 11.8 Å². The predicted octanol–water partition coefficient (Wildman–Crippen LogP) is 3.49. The van der Waals surface area contributed by atoms with Gasteiger partial charge in [0, 0.05) is 5.75 Å². The molecule has 0 saturated carbocycles. The summed E-state index contributed by atoms with van der Waals surface area (Å²) in [4.78, 5) is 4.28. The molecule has 1 unspecified atom stereocenters. The predicted molar refractivity (Wildman–Crippen MR) is 84.0 cm³/mol. The summed E-state index contributed by atoms with van der Waals surface area (Å²) in [7, 11) is 0. The molecule has 0 aliphatic heterocycles. The molecule has 1 aromatic carbocycles. The van der Waals surface area contributed by atoms with Gasteiger partial charge < -0.3 is 4.42 Å². The molecule has 0 amide bonds. The molecule has 0 aliphatic rings. The first kappa shape index (κ1) is 15.6. The van der Waals surface area contributed by atoms with Crippen LogP contribution in [0.5, 0.6) is 0 Å². The first-order valence-electron chi connectivity index (χ1n) is 6.97. The zero-order valence-corrected chi connectivity index (χ0v) is 13.1. The highest BCUT2D eigenvalue weighted by atomic mass is 32.2. The average Bonchev–Trinajstić information content (AvgIpc) is 2.95. The second-order valence-corrected chi connectivity index (χ2v) is 5.78. The van der Waals surface area contributed by atoms with Crippen molar-refractivity contribution in [2.24, 2.45) is 0 Å². The molecule has 110 valence electrons. The minimum atomic E-state index is -0.732. The number of rotatable bonds is 7. The van der Waals surface area contributed by atoms with Crippen LogP contribution in [0.1, 0.15) is 24.6 Å². The number of nitrogens with zero attached hydrogens (tertiary/aromatic N) is 2. The summed E-state index contributed by atoms with van der Waals surface area (Å²) >= 11 is 1.46. The number of thioether (sulfide) groups is 1. The Morgan fingerprint density at radius 2 is 2.14 bits per heavy atom. The maximum absolute atomic E-state index is 9.76. The molecule has 1 heterocycles. The summed E-state index contributed by atoms with van der Waals surface area (Å²) in [5.74, 6) is 0.549. The molecule has 2 rings (SSSR count). The second kappa shape index (κ2) is 7.30. The van der Waals surface area contributed by atoms with Crippen molar-refractivity contribution in [3.05, 3.63) is 47.9 Å². The van der Waals surface area contributed by atoms with Crippen molar-refractivity contribution < 1.29 is 4.42 Å². The van der Waals surface area contributed by atoms with Gasteiger partial charge in [-0.3, -0.25) is 5.32 Å². The fourth-order valence-corrected chi connectivity index (χ4v) is 3.00. The van der Waals surface area contributed by atoms with Crippen LogP contribution < -0.4 is 5.32 Å². The summed E-state index contributed by atoms with van der Waals surface area (Å²) < 4.78 is 5.36. The van der Waals surface area contributed by atoms with Crippen LogP contribution in [0.2, 0.25) is 0 Å². The van der Waals surface area contributed by atoms with Gasteiger partial charge >= 0.3 is 0 Å². The quantitative estimate of drug-likeness (QED) is 0.793.